The van der Waals surface area contributed by atoms with E-state index in [0.717, 1.165) is 82.7 Å². The number of benzene rings is 9. The van der Waals surface area contributed by atoms with E-state index in [1.165, 1.54) is 11.1 Å². The van der Waals surface area contributed by atoms with Crippen LogP contribution in [0.25, 0.3) is 60.9 Å². The van der Waals surface area contributed by atoms with E-state index in [1.54, 1.807) is 0 Å². The molecule has 0 saturated heterocycles. The zero-order valence-electron chi connectivity index (χ0n) is 31.6. The Morgan fingerprint density at radius 1 is 0.379 bits per heavy atom. The van der Waals surface area contributed by atoms with Crippen LogP contribution in [0.4, 0.5) is 17.1 Å². The van der Waals surface area contributed by atoms with Crippen LogP contribution in [-0.2, 0) is 4.57 Å². The molecule has 1 unspecified atom stereocenters. The first-order valence-electron chi connectivity index (χ1n) is 19.7. The van der Waals surface area contributed by atoms with Gasteiger partial charge in [0.1, 0.15) is 0 Å². The standard InChI is InChI=1S/C54H37N2OP/c57-58(46-18-8-3-9-19-46)52-23-13-11-20-47(52)48-36-37-51-53(54(48)58)49-21-10-12-22-50(49)56(51)45-34-28-41(29-35-45)40-26-32-44(33-27-40)55(42-16-6-2-7-17-42)43-30-24-39(25-31-43)38-14-4-1-5-15-38/h1-37H. The van der Waals surface area contributed by atoms with Crippen molar-refractivity contribution in [1.29, 1.82) is 0 Å². The minimum absolute atomic E-state index is 0.869. The first kappa shape index (κ1) is 34.1. The molecule has 0 bridgehead atoms. The average molecular weight is 761 g/mol. The van der Waals surface area contributed by atoms with Gasteiger partial charge in [-0.25, -0.2) is 0 Å². The molecule has 10 aromatic rings. The maximum absolute atomic E-state index is 15.7. The van der Waals surface area contributed by atoms with Gasteiger partial charge in [-0.15, -0.1) is 0 Å². The highest BCUT2D eigenvalue weighted by Crippen LogP contribution is 2.55. The van der Waals surface area contributed by atoms with Gasteiger partial charge in [-0.05, 0) is 94.0 Å². The fraction of sp³-hybridized carbons (Fsp3) is 0. The molecule has 0 fully saturated rings. The van der Waals surface area contributed by atoms with Gasteiger partial charge in [-0.2, -0.15) is 0 Å². The second-order valence-electron chi connectivity index (χ2n) is 14.8. The highest BCUT2D eigenvalue weighted by Gasteiger charge is 2.42. The van der Waals surface area contributed by atoms with E-state index in [2.05, 4.69) is 198 Å². The van der Waals surface area contributed by atoms with Gasteiger partial charge >= 0.3 is 0 Å². The second kappa shape index (κ2) is 13.8. The van der Waals surface area contributed by atoms with Crippen molar-refractivity contribution < 1.29 is 4.57 Å². The molecule has 1 atom stereocenters. The van der Waals surface area contributed by atoms with Crippen molar-refractivity contribution in [2.24, 2.45) is 0 Å². The molecule has 0 saturated carbocycles. The van der Waals surface area contributed by atoms with Crippen LogP contribution in [0.1, 0.15) is 0 Å². The summed E-state index contributed by atoms with van der Waals surface area (Å²) in [5.74, 6) is 0. The Hall–Kier alpha value is -7.19. The molecule has 0 spiro atoms. The van der Waals surface area contributed by atoms with Gasteiger partial charge in [0, 0.05) is 49.4 Å². The smallest absolute Gasteiger partial charge is 0.172 e. The molecule has 0 radical (unpaired) electrons. The number of rotatable bonds is 7. The van der Waals surface area contributed by atoms with Crippen LogP contribution in [0.2, 0.25) is 0 Å². The fourth-order valence-corrected chi connectivity index (χ4v) is 12.2. The van der Waals surface area contributed by atoms with Crippen molar-refractivity contribution in [3.63, 3.8) is 0 Å². The quantitative estimate of drug-likeness (QED) is 0.151. The van der Waals surface area contributed by atoms with Crippen LogP contribution in [0, 0.1) is 0 Å². The van der Waals surface area contributed by atoms with E-state index >= 15 is 4.57 Å². The number of para-hydroxylation sites is 2. The van der Waals surface area contributed by atoms with E-state index in [9.17, 15) is 0 Å². The van der Waals surface area contributed by atoms with Gasteiger partial charge in [-0.1, -0.05) is 164 Å². The van der Waals surface area contributed by atoms with Gasteiger partial charge in [-0.3, -0.25) is 0 Å². The Balaban J connectivity index is 0.973. The monoisotopic (exact) mass is 760 g/mol. The molecule has 11 rings (SSSR count). The molecule has 1 aromatic heterocycles. The van der Waals surface area contributed by atoms with Crippen LogP contribution in [0.3, 0.4) is 0 Å². The van der Waals surface area contributed by atoms with Gasteiger partial charge in [0.15, 0.2) is 7.14 Å². The minimum atomic E-state index is -3.16. The van der Waals surface area contributed by atoms with Crippen LogP contribution >= 0.6 is 7.14 Å². The summed E-state index contributed by atoms with van der Waals surface area (Å²) in [7, 11) is -3.16. The summed E-state index contributed by atoms with van der Waals surface area (Å²) in [4.78, 5) is 2.30. The fourth-order valence-electron chi connectivity index (χ4n) is 8.93. The molecular weight excluding hydrogens is 724 g/mol. The van der Waals surface area contributed by atoms with Gasteiger partial charge < -0.3 is 14.0 Å². The third-order valence-corrected chi connectivity index (χ3v) is 14.8. The molecule has 58 heavy (non-hydrogen) atoms. The van der Waals surface area contributed by atoms with Crippen molar-refractivity contribution in [3.8, 4) is 39.1 Å². The lowest BCUT2D eigenvalue weighted by Gasteiger charge is -2.26. The number of nitrogens with zero attached hydrogens (tertiary/aromatic N) is 2. The molecule has 0 N–H and O–H groups in total. The predicted molar refractivity (Wildman–Crippen MR) is 245 cm³/mol. The summed E-state index contributed by atoms with van der Waals surface area (Å²) in [6, 6.07) is 78.7. The Kier molecular flexibility index (Phi) is 8.10. The summed E-state index contributed by atoms with van der Waals surface area (Å²) in [5, 5.41) is 4.91. The molecule has 1 aliphatic rings. The van der Waals surface area contributed by atoms with Crippen molar-refractivity contribution in [3.05, 3.63) is 224 Å². The minimum Gasteiger partial charge on any atom is -0.311 e. The predicted octanol–water partition coefficient (Wildman–Crippen LogP) is 13.2. The lowest BCUT2D eigenvalue weighted by atomic mass is 10.0. The van der Waals surface area contributed by atoms with E-state index in [1.807, 2.05) is 36.4 Å². The second-order valence-corrected chi connectivity index (χ2v) is 17.5. The van der Waals surface area contributed by atoms with Crippen LogP contribution < -0.4 is 20.8 Å². The summed E-state index contributed by atoms with van der Waals surface area (Å²) in [5.41, 5.74) is 13.3. The summed E-state index contributed by atoms with van der Waals surface area (Å²) >= 11 is 0. The third-order valence-electron chi connectivity index (χ3n) is 11.6. The van der Waals surface area contributed by atoms with E-state index in [4.69, 9.17) is 0 Å². The summed E-state index contributed by atoms with van der Waals surface area (Å²) in [6.07, 6.45) is 0. The van der Waals surface area contributed by atoms with E-state index in [0.29, 0.717) is 0 Å². The maximum Gasteiger partial charge on any atom is 0.172 e. The number of fused-ring (bicyclic) bond motifs is 7. The van der Waals surface area contributed by atoms with Crippen molar-refractivity contribution in [1.82, 2.24) is 4.57 Å². The van der Waals surface area contributed by atoms with Crippen LogP contribution in [-0.4, -0.2) is 4.57 Å². The molecular formula is C54H37N2OP. The van der Waals surface area contributed by atoms with Crippen LogP contribution in [0.15, 0.2) is 224 Å². The van der Waals surface area contributed by atoms with Gasteiger partial charge in [0.05, 0.1) is 11.0 Å². The SMILES string of the molecule is O=P1(c2ccccc2)c2ccccc2-c2ccc3c(c21)c1ccccc1n3-c1ccc(-c2ccc(N(c3ccccc3)c3ccc(-c4ccccc4)cc3)cc2)cc1. The lowest BCUT2D eigenvalue weighted by molar-refractivity contribution is 0.593. The first-order chi connectivity index (χ1) is 28.7. The number of hydrogen-bond acceptors (Lipinski definition) is 2. The largest absolute Gasteiger partial charge is 0.311 e. The van der Waals surface area contributed by atoms with Crippen molar-refractivity contribution >= 4 is 61.9 Å². The molecule has 0 amide bonds. The maximum atomic E-state index is 15.7. The molecule has 2 heterocycles. The number of aromatic nitrogens is 1. The molecule has 4 heteroatoms. The van der Waals surface area contributed by atoms with Crippen molar-refractivity contribution in [2.75, 3.05) is 4.90 Å². The molecule has 9 aromatic carbocycles. The average Bonchev–Trinajstić information content (AvgIpc) is 3.78. The highest BCUT2D eigenvalue weighted by atomic mass is 31.2. The first-order valence-corrected chi connectivity index (χ1v) is 21.4. The third kappa shape index (κ3) is 5.39. The number of anilines is 3. The Morgan fingerprint density at radius 3 is 1.53 bits per heavy atom. The van der Waals surface area contributed by atoms with Gasteiger partial charge in [0.25, 0.3) is 0 Å². The summed E-state index contributed by atoms with van der Waals surface area (Å²) in [6.45, 7) is 0. The summed E-state index contributed by atoms with van der Waals surface area (Å²) < 4.78 is 18.1. The van der Waals surface area contributed by atoms with E-state index < -0.39 is 7.14 Å². The molecule has 3 nitrogen and oxygen atoms in total. The lowest BCUT2D eigenvalue weighted by Crippen LogP contribution is -2.21. The van der Waals surface area contributed by atoms with Gasteiger partial charge in [0.2, 0.25) is 0 Å². The zero-order chi connectivity index (χ0) is 38.6. The Morgan fingerprint density at radius 2 is 0.879 bits per heavy atom. The van der Waals surface area contributed by atoms with Crippen LogP contribution in [0.5, 0.6) is 0 Å². The molecule has 0 aliphatic carbocycles. The number of hydrogen-bond donors (Lipinski definition) is 0. The topological polar surface area (TPSA) is 25.2 Å². The molecule has 1 aliphatic heterocycles. The normalized spacial score (nSPS) is 14.3. The van der Waals surface area contributed by atoms with Crippen molar-refractivity contribution in [2.45, 2.75) is 0 Å². The molecule has 274 valence electrons. The Bertz CT molecular complexity index is 3160. The highest BCUT2D eigenvalue weighted by molar-refractivity contribution is 7.86. The Labute approximate surface area is 338 Å². The zero-order valence-corrected chi connectivity index (χ0v) is 32.5. The van der Waals surface area contributed by atoms with E-state index in [-0.39, 0.29) is 0 Å².